The molecule has 1 aromatic rings. The van der Waals surface area contributed by atoms with E-state index < -0.39 is 0 Å². The Kier molecular flexibility index (Phi) is 4.06. The van der Waals surface area contributed by atoms with Gasteiger partial charge < -0.3 is 5.32 Å². The van der Waals surface area contributed by atoms with E-state index in [4.69, 9.17) is 11.6 Å². The summed E-state index contributed by atoms with van der Waals surface area (Å²) in [6, 6.07) is 6.47. The summed E-state index contributed by atoms with van der Waals surface area (Å²) >= 11 is 5.67. The van der Waals surface area contributed by atoms with Gasteiger partial charge in [0.15, 0.2) is 5.78 Å². The summed E-state index contributed by atoms with van der Waals surface area (Å²) < 4.78 is 0. The topological polar surface area (TPSA) is 46.2 Å². The van der Waals surface area contributed by atoms with Gasteiger partial charge in [0, 0.05) is 23.7 Å². The summed E-state index contributed by atoms with van der Waals surface area (Å²) in [7, 11) is 1.50. The number of allylic oxidation sites excluding steroid dienone is 1. The van der Waals surface area contributed by atoms with E-state index in [9.17, 15) is 9.59 Å². The fraction of sp³-hybridized carbons (Fsp3) is 0.0909. The minimum Gasteiger partial charge on any atom is -0.356 e. The molecular formula is C11H10ClNO2. The van der Waals surface area contributed by atoms with Crippen molar-refractivity contribution in [2.24, 2.45) is 0 Å². The van der Waals surface area contributed by atoms with Crippen LogP contribution in [0, 0.1) is 0 Å². The number of carbonyl (C=O) groups is 2. The monoisotopic (exact) mass is 223 g/mol. The second-order valence-electron chi connectivity index (χ2n) is 2.82. The van der Waals surface area contributed by atoms with Crippen molar-refractivity contribution in [1.82, 2.24) is 5.32 Å². The molecule has 78 valence electrons. The Bertz CT molecular complexity index is 396. The van der Waals surface area contributed by atoms with E-state index in [1.807, 2.05) is 0 Å². The predicted octanol–water partition coefficient (Wildman–Crippen LogP) is 1.82. The molecule has 0 atom stereocenters. The Morgan fingerprint density at radius 1 is 1.20 bits per heavy atom. The van der Waals surface area contributed by atoms with Gasteiger partial charge in [0.2, 0.25) is 5.91 Å². The van der Waals surface area contributed by atoms with Crippen LogP contribution in [0.25, 0.3) is 0 Å². The van der Waals surface area contributed by atoms with Gasteiger partial charge in [-0.1, -0.05) is 11.6 Å². The highest BCUT2D eigenvalue weighted by molar-refractivity contribution is 6.30. The van der Waals surface area contributed by atoms with Crippen molar-refractivity contribution in [3.05, 3.63) is 47.0 Å². The van der Waals surface area contributed by atoms with Crippen LogP contribution < -0.4 is 5.32 Å². The molecule has 0 fully saturated rings. The van der Waals surface area contributed by atoms with E-state index in [-0.39, 0.29) is 11.7 Å². The fourth-order valence-corrected chi connectivity index (χ4v) is 1.07. The summed E-state index contributed by atoms with van der Waals surface area (Å²) in [6.07, 6.45) is 2.42. The highest BCUT2D eigenvalue weighted by atomic mass is 35.5. The molecule has 0 aliphatic rings. The quantitative estimate of drug-likeness (QED) is 0.628. The molecule has 15 heavy (non-hydrogen) atoms. The number of nitrogens with one attached hydrogen (secondary N) is 1. The van der Waals surface area contributed by atoms with Crippen molar-refractivity contribution < 1.29 is 9.59 Å². The van der Waals surface area contributed by atoms with Gasteiger partial charge in [-0.05, 0) is 30.3 Å². The molecule has 1 N–H and O–H groups in total. The molecule has 0 aromatic heterocycles. The lowest BCUT2D eigenvalue weighted by molar-refractivity contribution is -0.116. The number of rotatable bonds is 3. The van der Waals surface area contributed by atoms with Crippen molar-refractivity contribution in [2.45, 2.75) is 0 Å². The van der Waals surface area contributed by atoms with E-state index >= 15 is 0 Å². The normalized spacial score (nSPS) is 10.3. The maximum atomic E-state index is 11.5. The van der Waals surface area contributed by atoms with Crippen LogP contribution in [0.4, 0.5) is 0 Å². The number of benzene rings is 1. The van der Waals surface area contributed by atoms with E-state index in [1.165, 1.54) is 19.2 Å². The summed E-state index contributed by atoms with van der Waals surface area (Å²) in [6.45, 7) is 0. The van der Waals surface area contributed by atoms with Gasteiger partial charge in [-0.2, -0.15) is 0 Å². The molecule has 0 spiro atoms. The number of hydrogen-bond acceptors (Lipinski definition) is 2. The van der Waals surface area contributed by atoms with Gasteiger partial charge in [-0.25, -0.2) is 0 Å². The molecule has 1 aromatic carbocycles. The lowest BCUT2D eigenvalue weighted by Crippen LogP contribution is -2.14. The second-order valence-corrected chi connectivity index (χ2v) is 3.26. The van der Waals surface area contributed by atoms with Crippen molar-refractivity contribution in [1.29, 1.82) is 0 Å². The van der Waals surface area contributed by atoms with Gasteiger partial charge in [0.1, 0.15) is 0 Å². The predicted molar refractivity (Wildman–Crippen MR) is 59.0 cm³/mol. The molecule has 0 unspecified atom stereocenters. The Balaban J connectivity index is 2.73. The zero-order chi connectivity index (χ0) is 11.3. The first-order chi connectivity index (χ1) is 7.13. The molecule has 0 saturated carbocycles. The van der Waals surface area contributed by atoms with E-state index in [0.29, 0.717) is 10.6 Å². The van der Waals surface area contributed by atoms with Gasteiger partial charge in [0.05, 0.1) is 0 Å². The standard InChI is InChI=1S/C11H10ClNO2/c1-13-11(15)7-6-10(14)8-2-4-9(12)5-3-8/h2-7H,1H3,(H,13,15). The molecule has 4 heteroatoms. The van der Waals surface area contributed by atoms with Gasteiger partial charge in [-0.3, -0.25) is 9.59 Å². The van der Waals surface area contributed by atoms with Crippen LogP contribution in [0.3, 0.4) is 0 Å². The van der Waals surface area contributed by atoms with Crippen LogP contribution in [0.5, 0.6) is 0 Å². The van der Waals surface area contributed by atoms with Crippen LogP contribution in [0.2, 0.25) is 5.02 Å². The van der Waals surface area contributed by atoms with Crippen molar-refractivity contribution in [3.8, 4) is 0 Å². The molecule has 0 heterocycles. The highest BCUT2D eigenvalue weighted by Gasteiger charge is 2.01. The lowest BCUT2D eigenvalue weighted by Gasteiger charge is -1.95. The molecule has 1 amide bonds. The summed E-state index contributed by atoms with van der Waals surface area (Å²) in [4.78, 5) is 22.3. The molecule has 0 radical (unpaired) electrons. The van der Waals surface area contributed by atoms with E-state index in [1.54, 1.807) is 24.3 Å². The highest BCUT2D eigenvalue weighted by Crippen LogP contribution is 2.10. The van der Waals surface area contributed by atoms with Crippen LogP contribution in [-0.2, 0) is 4.79 Å². The van der Waals surface area contributed by atoms with Crippen LogP contribution in [-0.4, -0.2) is 18.7 Å². The number of amides is 1. The van der Waals surface area contributed by atoms with Crippen LogP contribution in [0.1, 0.15) is 10.4 Å². The number of hydrogen-bond donors (Lipinski definition) is 1. The van der Waals surface area contributed by atoms with E-state index in [2.05, 4.69) is 5.32 Å². The maximum Gasteiger partial charge on any atom is 0.243 e. The maximum absolute atomic E-state index is 11.5. The summed E-state index contributed by atoms with van der Waals surface area (Å²) in [5, 5.41) is 2.95. The first-order valence-electron chi connectivity index (χ1n) is 4.33. The largest absolute Gasteiger partial charge is 0.356 e. The van der Waals surface area contributed by atoms with E-state index in [0.717, 1.165) is 0 Å². The zero-order valence-corrected chi connectivity index (χ0v) is 8.91. The van der Waals surface area contributed by atoms with Crippen LogP contribution >= 0.6 is 11.6 Å². The number of carbonyl (C=O) groups excluding carboxylic acids is 2. The molecule has 0 bridgehead atoms. The van der Waals surface area contributed by atoms with Crippen molar-refractivity contribution >= 4 is 23.3 Å². The fourth-order valence-electron chi connectivity index (χ4n) is 0.945. The summed E-state index contributed by atoms with van der Waals surface area (Å²) in [5.41, 5.74) is 0.500. The third kappa shape index (κ3) is 3.56. The molecule has 1 rings (SSSR count). The third-order valence-corrected chi connectivity index (χ3v) is 2.01. The Hall–Kier alpha value is -1.61. The Morgan fingerprint density at radius 2 is 1.80 bits per heavy atom. The first-order valence-corrected chi connectivity index (χ1v) is 4.71. The molecule has 0 aliphatic carbocycles. The van der Waals surface area contributed by atoms with Crippen molar-refractivity contribution in [2.75, 3.05) is 7.05 Å². The van der Waals surface area contributed by atoms with Gasteiger partial charge in [-0.15, -0.1) is 0 Å². The Labute approximate surface area is 92.7 Å². The number of halogens is 1. The Morgan fingerprint density at radius 3 is 2.33 bits per heavy atom. The minimum atomic E-state index is -0.308. The molecule has 0 saturated heterocycles. The number of ketones is 1. The molecule has 0 aliphatic heterocycles. The SMILES string of the molecule is CNC(=O)C=CC(=O)c1ccc(Cl)cc1. The smallest absolute Gasteiger partial charge is 0.243 e. The number of likely N-dealkylation sites (N-methyl/N-ethyl adjacent to an activating group) is 1. The van der Waals surface area contributed by atoms with Crippen LogP contribution in [0.15, 0.2) is 36.4 Å². The zero-order valence-electron chi connectivity index (χ0n) is 8.16. The average molecular weight is 224 g/mol. The van der Waals surface area contributed by atoms with Gasteiger partial charge >= 0.3 is 0 Å². The second kappa shape index (κ2) is 5.32. The van der Waals surface area contributed by atoms with Gasteiger partial charge in [0.25, 0.3) is 0 Å². The molecule has 3 nitrogen and oxygen atoms in total. The minimum absolute atomic E-state index is 0.227. The van der Waals surface area contributed by atoms with Crippen molar-refractivity contribution in [3.63, 3.8) is 0 Å². The average Bonchev–Trinajstić information content (AvgIpc) is 2.26. The lowest BCUT2D eigenvalue weighted by atomic mass is 10.1. The molecular weight excluding hydrogens is 214 g/mol. The summed E-state index contributed by atoms with van der Waals surface area (Å²) in [5.74, 6) is -0.535. The first kappa shape index (κ1) is 11.5. The third-order valence-electron chi connectivity index (χ3n) is 1.76.